The largest absolute Gasteiger partial charge is 0.457 e. The Morgan fingerprint density at radius 1 is 0.321 bits per heavy atom. The number of hydrogen-bond acceptors (Lipinski definition) is 4. The Balaban J connectivity index is 4.07. The van der Waals surface area contributed by atoms with Crippen molar-refractivity contribution in [2.24, 2.45) is 0 Å². The van der Waals surface area contributed by atoms with Crippen molar-refractivity contribution in [3.05, 3.63) is 0 Å². The third-order valence-corrected chi connectivity index (χ3v) is 11.2. The van der Waals surface area contributed by atoms with Crippen LogP contribution in [0.4, 0.5) is 0 Å². The summed E-state index contributed by atoms with van der Waals surface area (Å²) in [7, 11) is 0. The standard InChI is InChI=1S/C49H98O4/c1-4-7-10-13-16-19-22-25-28-31-34-37-40-43-49(50)53-48(46-51-44-41-38-35-32-29-26-23-20-17-14-11-8-5-2)47-52-45-42-39-36-33-30-27-24-21-18-15-12-9-6-3/h48H,4-47H2,1-3H3. The minimum atomic E-state index is -0.284. The van der Waals surface area contributed by atoms with Crippen LogP contribution in [0.3, 0.4) is 0 Å². The molecule has 0 aliphatic heterocycles. The molecule has 53 heavy (non-hydrogen) atoms. The maximum absolute atomic E-state index is 12.7. The Bertz CT molecular complexity index is 633. The lowest BCUT2D eigenvalue weighted by atomic mass is 10.0. The number of ether oxygens (including phenoxy) is 3. The van der Waals surface area contributed by atoms with Gasteiger partial charge in [-0.25, -0.2) is 0 Å². The van der Waals surface area contributed by atoms with E-state index in [2.05, 4.69) is 20.8 Å². The van der Waals surface area contributed by atoms with Gasteiger partial charge in [-0.2, -0.15) is 0 Å². The summed E-state index contributed by atoms with van der Waals surface area (Å²) in [4.78, 5) is 12.7. The van der Waals surface area contributed by atoms with Crippen LogP contribution in [0.25, 0.3) is 0 Å². The van der Waals surface area contributed by atoms with Crippen molar-refractivity contribution in [3.63, 3.8) is 0 Å². The van der Waals surface area contributed by atoms with Gasteiger partial charge in [0.05, 0.1) is 13.2 Å². The fourth-order valence-corrected chi connectivity index (χ4v) is 7.52. The van der Waals surface area contributed by atoms with E-state index in [1.807, 2.05) is 0 Å². The molecule has 0 fully saturated rings. The first-order chi connectivity index (χ1) is 26.2. The molecular weight excluding hydrogens is 653 g/mol. The van der Waals surface area contributed by atoms with Crippen molar-refractivity contribution in [2.45, 2.75) is 284 Å². The van der Waals surface area contributed by atoms with E-state index < -0.39 is 0 Å². The summed E-state index contributed by atoms with van der Waals surface area (Å²) >= 11 is 0. The zero-order chi connectivity index (χ0) is 38.4. The van der Waals surface area contributed by atoms with Crippen LogP contribution in [-0.2, 0) is 19.0 Å². The van der Waals surface area contributed by atoms with Crippen molar-refractivity contribution >= 4 is 5.97 Å². The summed E-state index contributed by atoms with van der Waals surface area (Å²) in [6, 6.07) is 0. The molecule has 0 radical (unpaired) electrons. The van der Waals surface area contributed by atoms with Gasteiger partial charge in [0.25, 0.3) is 0 Å². The molecule has 0 heterocycles. The molecule has 0 saturated carbocycles. The van der Waals surface area contributed by atoms with Gasteiger partial charge in [-0.05, 0) is 19.3 Å². The minimum absolute atomic E-state index is 0.0767. The normalized spacial score (nSPS) is 11.6. The number of unbranched alkanes of at least 4 members (excludes halogenated alkanes) is 36. The quantitative estimate of drug-likeness (QED) is 0.0459. The minimum Gasteiger partial charge on any atom is -0.457 e. The third kappa shape index (κ3) is 45.7. The smallest absolute Gasteiger partial charge is 0.306 e. The molecule has 0 unspecified atom stereocenters. The summed E-state index contributed by atoms with van der Waals surface area (Å²) in [5, 5.41) is 0. The number of carbonyl (C=O) groups is 1. The van der Waals surface area contributed by atoms with E-state index in [0.29, 0.717) is 19.6 Å². The third-order valence-electron chi connectivity index (χ3n) is 11.2. The van der Waals surface area contributed by atoms with Crippen molar-refractivity contribution in [2.75, 3.05) is 26.4 Å². The molecule has 4 heteroatoms. The first kappa shape index (κ1) is 52.4. The SMILES string of the molecule is CCCCCCCCCCCCCCCOCC(COCCCCCCCCCCCCCCC)OC(=O)CCCCCCCCCCCCCCC. The van der Waals surface area contributed by atoms with Gasteiger partial charge in [0, 0.05) is 19.6 Å². The van der Waals surface area contributed by atoms with E-state index in [1.54, 1.807) is 0 Å². The summed E-state index contributed by atoms with van der Waals surface area (Å²) < 4.78 is 18.0. The molecule has 0 aliphatic rings. The predicted octanol–water partition coefficient (Wildman–Crippen LogP) is 16.6. The van der Waals surface area contributed by atoms with Crippen molar-refractivity contribution in [3.8, 4) is 0 Å². The Morgan fingerprint density at radius 2 is 0.547 bits per heavy atom. The highest BCUT2D eigenvalue weighted by atomic mass is 16.6. The highest BCUT2D eigenvalue weighted by Gasteiger charge is 2.15. The summed E-state index contributed by atoms with van der Waals surface area (Å²) in [5.74, 6) is -0.0767. The van der Waals surface area contributed by atoms with E-state index >= 15 is 0 Å². The van der Waals surface area contributed by atoms with Crippen molar-refractivity contribution in [1.29, 1.82) is 0 Å². The molecule has 0 amide bonds. The molecule has 318 valence electrons. The molecule has 0 N–H and O–H groups in total. The molecule has 0 bridgehead atoms. The van der Waals surface area contributed by atoms with Gasteiger partial charge in [0.1, 0.15) is 6.10 Å². The Kier molecular flexibility index (Phi) is 47.0. The van der Waals surface area contributed by atoms with E-state index in [9.17, 15) is 4.79 Å². The number of esters is 1. The molecule has 4 nitrogen and oxygen atoms in total. The second-order valence-corrected chi connectivity index (χ2v) is 16.7. The highest BCUT2D eigenvalue weighted by Crippen LogP contribution is 2.16. The molecule has 0 aliphatic carbocycles. The van der Waals surface area contributed by atoms with Crippen LogP contribution < -0.4 is 0 Å². The van der Waals surface area contributed by atoms with E-state index in [-0.39, 0.29) is 12.1 Å². The van der Waals surface area contributed by atoms with Gasteiger partial charge in [-0.3, -0.25) is 4.79 Å². The van der Waals surface area contributed by atoms with Gasteiger partial charge >= 0.3 is 5.97 Å². The van der Waals surface area contributed by atoms with Crippen LogP contribution in [0.15, 0.2) is 0 Å². The van der Waals surface area contributed by atoms with Crippen LogP contribution in [-0.4, -0.2) is 38.5 Å². The molecular formula is C49H98O4. The van der Waals surface area contributed by atoms with Gasteiger partial charge in [-0.15, -0.1) is 0 Å². The maximum Gasteiger partial charge on any atom is 0.306 e. The first-order valence-corrected chi connectivity index (χ1v) is 24.6. The molecule has 0 rings (SSSR count). The van der Waals surface area contributed by atoms with Gasteiger partial charge < -0.3 is 14.2 Å². The second-order valence-electron chi connectivity index (χ2n) is 16.7. The van der Waals surface area contributed by atoms with E-state index in [0.717, 1.165) is 38.9 Å². The lowest BCUT2D eigenvalue weighted by Crippen LogP contribution is -2.29. The van der Waals surface area contributed by atoms with Crippen LogP contribution in [0, 0.1) is 0 Å². The van der Waals surface area contributed by atoms with Crippen LogP contribution in [0.5, 0.6) is 0 Å². The molecule has 0 saturated heterocycles. The lowest BCUT2D eigenvalue weighted by molar-refractivity contribution is -0.156. The molecule has 0 spiro atoms. The number of rotatable bonds is 47. The fraction of sp³-hybridized carbons (Fsp3) is 0.980. The maximum atomic E-state index is 12.7. The summed E-state index contributed by atoms with van der Waals surface area (Å²) in [5.41, 5.74) is 0. The highest BCUT2D eigenvalue weighted by molar-refractivity contribution is 5.69. The Morgan fingerprint density at radius 3 is 0.811 bits per heavy atom. The summed E-state index contributed by atoms with van der Waals surface area (Å²) in [6.45, 7) is 9.29. The second kappa shape index (κ2) is 47.5. The Labute approximate surface area is 334 Å². The van der Waals surface area contributed by atoms with E-state index in [1.165, 1.54) is 225 Å². The van der Waals surface area contributed by atoms with Gasteiger partial charge in [0.2, 0.25) is 0 Å². The first-order valence-electron chi connectivity index (χ1n) is 24.6. The topological polar surface area (TPSA) is 44.8 Å². The predicted molar refractivity (Wildman–Crippen MR) is 233 cm³/mol. The van der Waals surface area contributed by atoms with Gasteiger partial charge in [-0.1, -0.05) is 252 Å². The molecule has 0 atom stereocenters. The number of carbonyl (C=O) groups excluding carboxylic acids is 1. The van der Waals surface area contributed by atoms with Gasteiger partial charge in [0.15, 0.2) is 0 Å². The zero-order valence-electron chi connectivity index (χ0n) is 36.8. The monoisotopic (exact) mass is 751 g/mol. The molecule has 0 aromatic heterocycles. The fourth-order valence-electron chi connectivity index (χ4n) is 7.52. The Hall–Kier alpha value is -0.610. The van der Waals surface area contributed by atoms with E-state index in [4.69, 9.17) is 14.2 Å². The average Bonchev–Trinajstić information content (AvgIpc) is 3.16. The average molecular weight is 751 g/mol. The zero-order valence-corrected chi connectivity index (χ0v) is 36.8. The van der Waals surface area contributed by atoms with Crippen molar-refractivity contribution < 1.29 is 19.0 Å². The number of hydrogen-bond donors (Lipinski definition) is 0. The molecule has 0 aromatic rings. The van der Waals surface area contributed by atoms with Crippen LogP contribution in [0.2, 0.25) is 0 Å². The van der Waals surface area contributed by atoms with Crippen LogP contribution >= 0.6 is 0 Å². The van der Waals surface area contributed by atoms with Crippen molar-refractivity contribution in [1.82, 2.24) is 0 Å². The molecule has 0 aromatic carbocycles. The summed E-state index contributed by atoms with van der Waals surface area (Å²) in [6.07, 6.45) is 52.6. The lowest BCUT2D eigenvalue weighted by Gasteiger charge is -2.18. The van der Waals surface area contributed by atoms with Crippen LogP contribution in [0.1, 0.15) is 278 Å².